The van der Waals surface area contributed by atoms with Gasteiger partial charge in [0.25, 0.3) is 5.91 Å². The van der Waals surface area contributed by atoms with Gasteiger partial charge in [-0.1, -0.05) is 43.7 Å². The van der Waals surface area contributed by atoms with Crippen molar-refractivity contribution in [3.8, 4) is 0 Å². The van der Waals surface area contributed by atoms with Gasteiger partial charge in [0, 0.05) is 26.1 Å². The lowest BCUT2D eigenvalue weighted by Gasteiger charge is -2.29. The summed E-state index contributed by atoms with van der Waals surface area (Å²) in [5, 5.41) is 14.8. The Kier molecular flexibility index (Phi) is 7.84. The van der Waals surface area contributed by atoms with Crippen LogP contribution in [-0.4, -0.2) is 44.9 Å². The molecule has 0 aliphatic heterocycles. The molecule has 2 atom stereocenters. The second-order valence-electron chi connectivity index (χ2n) is 7.67. The van der Waals surface area contributed by atoms with Crippen LogP contribution in [0.2, 0.25) is 0 Å². The third-order valence-corrected chi connectivity index (χ3v) is 6.49. The minimum Gasteiger partial charge on any atom is -0.352 e. The molecule has 7 nitrogen and oxygen atoms in total. The van der Waals surface area contributed by atoms with Crippen molar-refractivity contribution in [2.24, 2.45) is 13.0 Å². The third kappa shape index (κ3) is 5.81. The van der Waals surface area contributed by atoms with E-state index in [1.807, 2.05) is 11.6 Å². The molecule has 1 fully saturated rings. The molecule has 0 spiro atoms. The number of benzene rings is 1. The van der Waals surface area contributed by atoms with Crippen molar-refractivity contribution in [2.75, 3.05) is 12.3 Å². The average Bonchev–Trinajstić information content (AvgIpc) is 3.08. The number of rotatable bonds is 8. The molecule has 0 radical (unpaired) electrons. The van der Waals surface area contributed by atoms with Gasteiger partial charge in [0.05, 0.1) is 11.3 Å². The number of nitrogens with zero attached hydrogens (tertiary/aromatic N) is 3. The summed E-state index contributed by atoms with van der Waals surface area (Å²) in [6.45, 7) is 2.50. The molecule has 2 amide bonds. The molecule has 1 aliphatic rings. The van der Waals surface area contributed by atoms with Gasteiger partial charge in [0.2, 0.25) is 5.91 Å². The zero-order chi connectivity index (χ0) is 21.5. The Morgan fingerprint density at radius 3 is 2.77 bits per heavy atom. The number of thioether (sulfide) groups is 1. The van der Waals surface area contributed by atoms with E-state index in [-0.39, 0.29) is 17.5 Å². The van der Waals surface area contributed by atoms with Gasteiger partial charge >= 0.3 is 0 Å². The van der Waals surface area contributed by atoms with E-state index in [1.54, 1.807) is 12.1 Å². The Bertz CT molecular complexity index is 888. The first-order valence-electron chi connectivity index (χ1n) is 10.3. The fourth-order valence-electron chi connectivity index (χ4n) is 3.63. The molecule has 1 aromatic carbocycles. The number of carbonyl (C=O) groups is 2. The lowest BCUT2D eigenvalue weighted by molar-refractivity contribution is -0.119. The fourth-order valence-corrected chi connectivity index (χ4v) is 4.37. The van der Waals surface area contributed by atoms with E-state index >= 15 is 0 Å². The van der Waals surface area contributed by atoms with Crippen molar-refractivity contribution in [3.05, 3.63) is 41.5 Å². The molecule has 0 bridgehead atoms. The van der Waals surface area contributed by atoms with Gasteiger partial charge in [0.15, 0.2) is 5.16 Å². The average molecular weight is 434 g/mol. The highest BCUT2D eigenvalue weighted by Crippen LogP contribution is 2.24. The summed E-state index contributed by atoms with van der Waals surface area (Å²) in [5.74, 6) is 0.507. The zero-order valence-electron chi connectivity index (χ0n) is 17.4. The Balaban J connectivity index is 1.44. The number of nitrogens with one attached hydrogen (secondary N) is 2. The summed E-state index contributed by atoms with van der Waals surface area (Å²) in [4.78, 5) is 24.4. The maximum absolute atomic E-state index is 13.7. The topological polar surface area (TPSA) is 88.9 Å². The van der Waals surface area contributed by atoms with Crippen LogP contribution in [0.15, 0.2) is 29.4 Å². The van der Waals surface area contributed by atoms with Crippen LogP contribution in [0.1, 0.15) is 48.8 Å². The van der Waals surface area contributed by atoms with E-state index in [4.69, 9.17) is 0 Å². The highest BCUT2D eigenvalue weighted by Gasteiger charge is 2.23. The predicted molar refractivity (Wildman–Crippen MR) is 114 cm³/mol. The lowest BCUT2D eigenvalue weighted by Crippen LogP contribution is -2.41. The van der Waals surface area contributed by atoms with Crippen LogP contribution in [0, 0.1) is 11.7 Å². The van der Waals surface area contributed by atoms with Crippen LogP contribution in [0.25, 0.3) is 0 Å². The van der Waals surface area contributed by atoms with Crippen molar-refractivity contribution < 1.29 is 14.0 Å². The van der Waals surface area contributed by atoms with E-state index in [0.29, 0.717) is 35.6 Å². The first-order chi connectivity index (χ1) is 14.5. The van der Waals surface area contributed by atoms with Crippen LogP contribution in [0.4, 0.5) is 4.39 Å². The molecule has 2 N–H and O–H groups in total. The summed E-state index contributed by atoms with van der Waals surface area (Å²) >= 11 is 1.34. The highest BCUT2D eigenvalue weighted by molar-refractivity contribution is 7.99. The maximum atomic E-state index is 13.7. The largest absolute Gasteiger partial charge is 0.352 e. The molecular weight excluding hydrogens is 405 g/mol. The van der Waals surface area contributed by atoms with Crippen LogP contribution in [0.3, 0.4) is 0 Å². The Labute approximate surface area is 180 Å². The molecule has 1 heterocycles. The minimum absolute atomic E-state index is 0.0143. The quantitative estimate of drug-likeness (QED) is 0.625. The van der Waals surface area contributed by atoms with E-state index in [2.05, 4.69) is 27.8 Å². The van der Waals surface area contributed by atoms with E-state index in [9.17, 15) is 14.0 Å². The number of amides is 2. The molecule has 1 aromatic heterocycles. The van der Waals surface area contributed by atoms with Gasteiger partial charge < -0.3 is 15.2 Å². The summed E-state index contributed by atoms with van der Waals surface area (Å²) in [7, 11) is 1.83. The first-order valence-corrected chi connectivity index (χ1v) is 11.3. The van der Waals surface area contributed by atoms with Crippen molar-refractivity contribution in [3.63, 3.8) is 0 Å². The van der Waals surface area contributed by atoms with Gasteiger partial charge in [-0.2, -0.15) is 0 Å². The van der Waals surface area contributed by atoms with E-state index in [1.165, 1.54) is 36.7 Å². The summed E-state index contributed by atoms with van der Waals surface area (Å²) in [5.41, 5.74) is 0.0185. The Morgan fingerprint density at radius 1 is 1.23 bits per heavy atom. The van der Waals surface area contributed by atoms with Gasteiger partial charge in [-0.25, -0.2) is 4.39 Å². The van der Waals surface area contributed by atoms with E-state index < -0.39 is 11.7 Å². The maximum Gasteiger partial charge on any atom is 0.254 e. The number of hydrogen-bond acceptors (Lipinski definition) is 5. The molecule has 2 unspecified atom stereocenters. The highest BCUT2D eigenvalue weighted by atomic mass is 32.2. The van der Waals surface area contributed by atoms with Gasteiger partial charge in [-0.05, 0) is 30.9 Å². The van der Waals surface area contributed by atoms with Gasteiger partial charge in [0.1, 0.15) is 11.6 Å². The van der Waals surface area contributed by atoms with Crippen LogP contribution >= 0.6 is 11.8 Å². The molecule has 1 aliphatic carbocycles. The van der Waals surface area contributed by atoms with Crippen molar-refractivity contribution in [1.82, 2.24) is 25.4 Å². The first kappa shape index (κ1) is 22.3. The predicted octanol–water partition coefficient (Wildman–Crippen LogP) is 2.71. The lowest BCUT2D eigenvalue weighted by atomic mass is 9.86. The normalized spacial score (nSPS) is 18.8. The van der Waals surface area contributed by atoms with Crippen molar-refractivity contribution in [2.45, 2.75) is 50.2 Å². The SMILES string of the molecule is CC1CCCCC1NC(=O)CSc1nnc(CCNC(=O)c2ccccc2F)n1C. The molecule has 30 heavy (non-hydrogen) atoms. The van der Waals surface area contributed by atoms with Gasteiger partial charge in [-0.15, -0.1) is 10.2 Å². The molecule has 0 saturated heterocycles. The monoisotopic (exact) mass is 433 g/mol. The van der Waals surface area contributed by atoms with Crippen LogP contribution in [0.5, 0.6) is 0 Å². The van der Waals surface area contributed by atoms with Crippen LogP contribution < -0.4 is 10.6 Å². The third-order valence-electron chi connectivity index (χ3n) is 5.47. The molecular formula is C21H28FN5O2S. The molecule has 1 saturated carbocycles. The van der Waals surface area contributed by atoms with E-state index in [0.717, 1.165) is 12.8 Å². The molecule has 9 heteroatoms. The van der Waals surface area contributed by atoms with Crippen molar-refractivity contribution in [1.29, 1.82) is 0 Å². The number of carbonyl (C=O) groups excluding carboxylic acids is 2. The molecule has 2 aromatic rings. The fraction of sp³-hybridized carbons (Fsp3) is 0.524. The molecule has 162 valence electrons. The second kappa shape index (κ2) is 10.6. The second-order valence-corrected chi connectivity index (χ2v) is 8.61. The summed E-state index contributed by atoms with van der Waals surface area (Å²) in [6, 6.07) is 6.13. The smallest absolute Gasteiger partial charge is 0.254 e. The van der Waals surface area contributed by atoms with Crippen molar-refractivity contribution >= 4 is 23.6 Å². The number of halogens is 1. The Morgan fingerprint density at radius 2 is 2.00 bits per heavy atom. The molecule has 3 rings (SSSR count). The number of hydrogen-bond donors (Lipinski definition) is 2. The summed E-state index contributed by atoms with van der Waals surface area (Å²) < 4.78 is 15.5. The minimum atomic E-state index is -0.548. The Hall–Kier alpha value is -2.42. The zero-order valence-corrected chi connectivity index (χ0v) is 18.2. The van der Waals surface area contributed by atoms with Crippen LogP contribution in [-0.2, 0) is 18.3 Å². The standard InChI is InChI=1S/C21H28FN5O2S/c1-14-7-3-6-10-17(14)24-19(28)13-30-21-26-25-18(27(21)2)11-12-23-20(29)15-8-4-5-9-16(15)22/h4-5,8-9,14,17H,3,6-7,10-13H2,1-2H3,(H,23,29)(H,24,28). The van der Waals surface area contributed by atoms with Gasteiger partial charge in [-0.3, -0.25) is 9.59 Å². The number of aromatic nitrogens is 3. The summed E-state index contributed by atoms with van der Waals surface area (Å²) in [6.07, 6.45) is 5.08.